The number of tetrazole rings is 1. The molecule has 2 heterocycles. The number of aromatic carboxylic acids is 1. The fourth-order valence-electron chi connectivity index (χ4n) is 4.27. The number of nitrogens with zero attached hydrogens (tertiary/aromatic N) is 4. The fraction of sp³-hybridized carbons (Fsp3) is 0.364. The van der Waals surface area contributed by atoms with Crippen molar-refractivity contribution < 1.29 is 9.90 Å². The average Bonchev–Trinajstić information content (AvgIpc) is 3.43. The number of anilines is 1. The number of rotatable bonds is 4. The van der Waals surface area contributed by atoms with Gasteiger partial charge in [0, 0.05) is 11.3 Å². The monoisotopic (exact) mass is 389 g/mol. The van der Waals surface area contributed by atoms with Crippen LogP contribution in [0.2, 0.25) is 0 Å². The average molecular weight is 389 g/mol. The van der Waals surface area contributed by atoms with E-state index >= 15 is 0 Å². The molecular formula is C22H23N5O2. The molecule has 148 valence electrons. The lowest BCUT2D eigenvalue weighted by Crippen LogP contribution is -2.31. The molecule has 0 amide bonds. The summed E-state index contributed by atoms with van der Waals surface area (Å²) in [6, 6.07) is 14.3. The van der Waals surface area contributed by atoms with E-state index in [0.29, 0.717) is 11.6 Å². The van der Waals surface area contributed by atoms with Gasteiger partial charge in [-0.15, -0.1) is 5.10 Å². The van der Waals surface area contributed by atoms with Gasteiger partial charge in [-0.2, -0.15) is 0 Å². The summed E-state index contributed by atoms with van der Waals surface area (Å²) in [5.41, 5.74) is 4.40. The summed E-state index contributed by atoms with van der Waals surface area (Å²) in [4.78, 5) is 11.4. The van der Waals surface area contributed by atoms with Crippen LogP contribution in [0.3, 0.4) is 0 Å². The van der Waals surface area contributed by atoms with Crippen LogP contribution in [0.5, 0.6) is 0 Å². The van der Waals surface area contributed by atoms with Gasteiger partial charge in [-0.05, 0) is 70.5 Å². The smallest absolute Gasteiger partial charge is 0.335 e. The van der Waals surface area contributed by atoms with E-state index in [0.717, 1.165) is 41.9 Å². The number of carbonyl (C=O) groups is 1. The summed E-state index contributed by atoms with van der Waals surface area (Å²) in [5, 5.41) is 25.2. The van der Waals surface area contributed by atoms with E-state index in [-0.39, 0.29) is 11.5 Å². The van der Waals surface area contributed by atoms with E-state index in [9.17, 15) is 9.90 Å². The highest BCUT2D eigenvalue weighted by molar-refractivity contribution is 5.89. The molecule has 1 fully saturated rings. The first-order chi connectivity index (χ1) is 13.9. The SMILES string of the molecule is CC1(C)CC(c2cccc(-c3nnnn3C3CC3)c2)Nc2ccc(C(=O)O)cc21. The molecule has 29 heavy (non-hydrogen) atoms. The standard InChI is InChI=1S/C22H23N5O2/c1-22(2)12-19(23-18-9-6-15(21(28)29)11-17(18)22)13-4-3-5-14(10-13)20-24-25-26-27(20)16-7-8-16/h3-6,9-11,16,19,23H,7-8,12H2,1-2H3,(H,28,29). The summed E-state index contributed by atoms with van der Waals surface area (Å²) >= 11 is 0. The summed E-state index contributed by atoms with van der Waals surface area (Å²) in [6.07, 6.45) is 3.12. The van der Waals surface area contributed by atoms with Crippen LogP contribution >= 0.6 is 0 Å². The lowest BCUT2D eigenvalue weighted by molar-refractivity contribution is 0.0696. The van der Waals surface area contributed by atoms with Gasteiger partial charge in [0.25, 0.3) is 0 Å². The first kappa shape index (κ1) is 17.8. The maximum Gasteiger partial charge on any atom is 0.335 e. The second-order valence-electron chi connectivity index (χ2n) is 8.65. The van der Waals surface area contributed by atoms with Gasteiger partial charge in [0.2, 0.25) is 0 Å². The lowest BCUT2D eigenvalue weighted by atomic mass is 9.73. The molecule has 1 aromatic heterocycles. The van der Waals surface area contributed by atoms with Crippen LogP contribution in [0.4, 0.5) is 5.69 Å². The lowest BCUT2D eigenvalue weighted by Gasteiger charge is -2.39. The van der Waals surface area contributed by atoms with E-state index < -0.39 is 5.97 Å². The third-order valence-corrected chi connectivity index (χ3v) is 5.97. The zero-order valence-corrected chi connectivity index (χ0v) is 16.5. The Labute approximate surface area is 168 Å². The molecule has 1 saturated carbocycles. The van der Waals surface area contributed by atoms with Crippen molar-refractivity contribution in [3.8, 4) is 11.4 Å². The number of benzene rings is 2. The second-order valence-corrected chi connectivity index (χ2v) is 8.65. The Kier molecular flexibility index (Phi) is 3.94. The fourth-order valence-corrected chi connectivity index (χ4v) is 4.27. The molecular weight excluding hydrogens is 366 g/mol. The number of nitrogens with one attached hydrogen (secondary N) is 1. The highest BCUT2D eigenvalue weighted by atomic mass is 16.4. The number of aromatic nitrogens is 4. The Bertz CT molecular complexity index is 1100. The van der Waals surface area contributed by atoms with Crippen LogP contribution < -0.4 is 5.32 Å². The number of carboxylic acids is 1. The van der Waals surface area contributed by atoms with Gasteiger partial charge in [0.15, 0.2) is 5.82 Å². The normalized spacial score (nSPS) is 20.0. The third kappa shape index (κ3) is 3.16. The molecule has 0 spiro atoms. The minimum atomic E-state index is -0.896. The first-order valence-corrected chi connectivity index (χ1v) is 9.95. The minimum Gasteiger partial charge on any atom is -0.478 e. The molecule has 2 aliphatic rings. The Morgan fingerprint density at radius 1 is 1.21 bits per heavy atom. The zero-order valence-electron chi connectivity index (χ0n) is 16.5. The molecule has 0 saturated heterocycles. The number of fused-ring (bicyclic) bond motifs is 1. The van der Waals surface area contributed by atoms with Crippen LogP contribution in [-0.2, 0) is 5.41 Å². The molecule has 1 aliphatic carbocycles. The van der Waals surface area contributed by atoms with Crippen molar-refractivity contribution in [2.24, 2.45) is 0 Å². The minimum absolute atomic E-state index is 0.124. The Balaban J connectivity index is 1.49. The Morgan fingerprint density at radius 2 is 2.03 bits per heavy atom. The summed E-state index contributed by atoms with van der Waals surface area (Å²) < 4.78 is 1.93. The molecule has 5 rings (SSSR count). The van der Waals surface area contributed by atoms with Crippen molar-refractivity contribution in [2.75, 3.05) is 5.32 Å². The Morgan fingerprint density at radius 3 is 2.79 bits per heavy atom. The van der Waals surface area contributed by atoms with Crippen molar-refractivity contribution in [2.45, 2.75) is 50.6 Å². The molecule has 1 aliphatic heterocycles. The maximum absolute atomic E-state index is 11.4. The van der Waals surface area contributed by atoms with Crippen molar-refractivity contribution in [1.29, 1.82) is 0 Å². The van der Waals surface area contributed by atoms with Crippen molar-refractivity contribution >= 4 is 11.7 Å². The van der Waals surface area contributed by atoms with E-state index in [1.165, 1.54) is 5.56 Å². The summed E-state index contributed by atoms with van der Waals surface area (Å²) in [7, 11) is 0. The molecule has 1 atom stereocenters. The molecule has 7 nitrogen and oxygen atoms in total. The highest BCUT2D eigenvalue weighted by Gasteiger charge is 2.34. The first-order valence-electron chi connectivity index (χ1n) is 9.95. The maximum atomic E-state index is 11.4. The van der Waals surface area contributed by atoms with Gasteiger partial charge in [0.1, 0.15) is 0 Å². The molecule has 1 unspecified atom stereocenters. The van der Waals surface area contributed by atoms with Gasteiger partial charge in [0.05, 0.1) is 17.6 Å². The van der Waals surface area contributed by atoms with E-state index in [1.54, 1.807) is 12.1 Å². The van der Waals surface area contributed by atoms with Gasteiger partial charge >= 0.3 is 5.97 Å². The second kappa shape index (κ2) is 6.40. The van der Waals surface area contributed by atoms with Crippen LogP contribution in [-0.4, -0.2) is 31.3 Å². The van der Waals surface area contributed by atoms with Crippen LogP contribution in [0, 0.1) is 0 Å². The van der Waals surface area contributed by atoms with Crippen LogP contribution in [0.25, 0.3) is 11.4 Å². The van der Waals surface area contributed by atoms with E-state index in [1.807, 2.05) is 16.8 Å². The van der Waals surface area contributed by atoms with Crippen molar-refractivity contribution in [1.82, 2.24) is 20.2 Å². The summed E-state index contributed by atoms with van der Waals surface area (Å²) in [5.74, 6) is -0.0808. The number of hydrogen-bond acceptors (Lipinski definition) is 5. The van der Waals surface area contributed by atoms with Gasteiger partial charge in [-0.25, -0.2) is 9.48 Å². The van der Waals surface area contributed by atoms with Crippen LogP contribution in [0.15, 0.2) is 42.5 Å². The molecule has 0 radical (unpaired) electrons. The summed E-state index contributed by atoms with van der Waals surface area (Å²) in [6.45, 7) is 4.34. The Hall–Kier alpha value is -3.22. The zero-order chi connectivity index (χ0) is 20.2. The van der Waals surface area contributed by atoms with Gasteiger partial charge in [-0.3, -0.25) is 0 Å². The quantitative estimate of drug-likeness (QED) is 0.694. The number of carboxylic acid groups (broad SMARTS) is 1. The molecule has 2 N–H and O–H groups in total. The molecule has 2 aromatic carbocycles. The molecule has 7 heteroatoms. The highest BCUT2D eigenvalue weighted by Crippen LogP contribution is 2.45. The third-order valence-electron chi connectivity index (χ3n) is 5.97. The number of hydrogen-bond donors (Lipinski definition) is 2. The predicted molar refractivity (Wildman–Crippen MR) is 109 cm³/mol. The van der Waals surface area contributed by atoms with E-state index in [2.05, 4.69) is 52.9 Å². The molecule has 3 aromatic rings. The van der Waals surface area contributed by atoms with E-state index in [4.69, 9.17) is 0 Å². The van der Waals surface area contributed by atoms with Crippen LogP contribution in [0.1, 0.15) is 66.7 Å². The van der Waals surface area contributed by atoms with Gasteiger partial charge in [-0.1, -0.05) is 32.0 Å². The van der Waals surface area contributed by atoms with Gasteiger partial charge < -0.3 is 10.4 Å². The molecule has 0 bridgehead atoms. The topological polar surface area (TPSA) is 92.9 Å². The van der Waals surface area contributed by atoms with Crippen molar-refractivity contribution in [3.05, 3.63) is 59.2 Å². The predicted octanol–water partition coefficient (Wildman–Crippen LogP) is 4.21. The largest absolute Gasteiger partial charge is 0.478 e. The van der Waals surface area contributed by atoms with Crippen molar-refractivity contribution in [3.63, 3.8) is 0 Å².